The minimum atomic E-state index is -0.749. The highest BCUT2D eigenvalue weighted by molar-refractivity contribution is 5.66. The van der Waals surface area contributed by atoms with Crippen molar-refractivity contribution in [2.24, 2.45) is 5.92 Å². The number of carboxylic acid groups (broad SMARTS) is 1. The summed E-state index contributed by atoms with van der Waals surface area (Å²) >= 11 is 0. The summed E-state index contributed by atoms with van der Waals surface area (Å²) in [6.07, 6.45) is 5.95. The second-order valence-electron chi connectivity index (χ2n) is 5.15. The van der Waals surface area contributed by atoms with Crippen LogP contribution in [0.5, 0.6) is 0 Å². The minimum absolute atomic E-state index is 0.209. The van der Waals surface area contributed by atoms with Gasteiger partial charge in [0.2, 0.25) is 11.8 Å². The van der Waals surface area contributed by atoms with Crippen LogP contribution in [0.1, 0.15) is 63.1 Å². The second-order valence-corrected chi connectivity index (χ2v) is 5.15. The molecular formula is C13H20N2O3. The number of hydrogen-bond donors (Lipinski definition) is 1. The third-order valence-corrected chi connectivity index (χ3v) is 3.69. The lowest BCUT2D eigenvalue weighted by atomic mass is 9.98. The zero-order chi connectivity index (χ0) is 13.0. The van der Waals surface area contributed by atoms with Crippen molar-refractivity contribution in [3.63, 3.8) is 0 Å². The molecule has 5 nitrogen and oxygen atoms in total. The van der Waals surface area contributed by atoms with Gasteiger partial charge in [-0.3, -0.25) is 4.79 Å². The molecule has 18 heavy (non-hydrogen) atoms. The Hall–Kier alpha value is -1.39. The molecule has 1 saturated carbocycles. The molecule has 1 fully saturated rings. The van der Waals surface area contributed by atoms with Gasteiger partial charge in [-0.25, -0.2) is 0 Å². The molecule has 0 radical (unpaired) electrons. The molecule has 0 aliphatic heterocycles. The highest BCUT2D eigenvalue weighted by Crippen LogP contribution is 2.38. The Kier molecular flexibility index (Phi) is 4.33. The summed E-state index contributed by atoms with van der Waals surface area (Å²) in [5, 5.41) is 16.7. The van der Waals surface area contributed by atoms with Crippen molar-refractivity contribution in [1.82, 2.24) is 10.2 Å². The topological polar surface area (TPSA) is 76.2 Å². The third-order valence-electron chi connectivity index (χ3n) is 3.69. The fraction of sp³-hybridized carbons (Fsp3) is 0.769. The Bertz CT molecular complexity index is 403. The van der Waals surface area contributed by atoms with Crippen LogP contribution in [0.4, 0.5) is 0 Å². The summed E-state index contributed by atoms with van der Waals surface area (Å²) in [6.45, 7) is 2.23. The van der Waals surface area contributed by atoms with Gasteiger partial charge in [-0.2, -0.15) is 0 Å². The summed E-state index contributed by atoms with van der Waals surface area (Å²) in [5.74, 6) is 1.72. The van der Waals surface area contributed by atoms with Crippen LogP contribution in [0.2, 0.25) is 0 Å². The van der Waals surface area contributed by atoms with Gasteiger partial charge in [-0.1, -0.05) is 13.3 Å². The molecule has 100 valence electrons. The van der Waals surface area contributed by atoms with Gasteiger partial charge in [0.15, 0.2) is 0 Å². The van der Waals surface area contributed by atoms with Crippen LogP contribution in [0.3, 0.4) is 0 Å². The smallest absolute Gasteiger partial charge is 0.303 e. The molecule has 2 rings (SSSR count). The molecule has 1 N–H and O–H groups in total. The number of hydrogen-bond acceptors (Lipinski definition) is 4. The molecule has 1 aromatic rings. The number of carboxylic acids is 1. The fourth-order valence-corrected chi connectivity index (χ4v) is 2.58. The molecule has 1 aliphatic carbocycles. The lowest BCUT2D eigenvalue weighted by Gasteiger charge is -2.09. The van der Waals surface area contributed by atoms with E-state index in [4.69, 9.17) is 9.52 Å². The van der Waals surface area contributed by atoms with E-state index in [2.05, 4.69) is 17.1 Å². The lowest BCUT2D eigenvalue weighted by Crippen LogP contribution is -2.02. The van der Waals surface area contributed by atoms with Gasteiger partial charge in [0, 0.05) is 18.8 Å². The number of carbonyl (C=O) groups is 1. The van der Waals surface area contributed by atoms with Crippen LogP contribution in [-0.2, 0) is 11.2 Å². The summed E-state index contributed by atoms with van der Waals surface area (Å²) < 4.78 is 5.68. The third kappa shape index (κ3) is 3.31. The molecule has 2 atom stereocenters. The highest BCUT2D eigenvalue weighted by atomic mass is 16.4. The number of aliphatic carboxylic acids is 1. The Morgan fingerprint density at radius 3 is 2.89 bits per heavy atom. The maximum Gasteiger partial charge on any atom is 0.303 e. The highest BCUT2D eigenvalue weighted by Gasteiger charge is 2.29. The average Bonchev–Trinajstić information content (AvgIpc) is 2.92. The van der Waals surface area contributed by atoms with Crippen molar-refractivity contribution in [3.05, 3.63) is 11.8 Å². The van der Waals surface area contributed by atoms with Crippen LogP contribution in [0.25, 0.3) is 0 Å². The molecule has 0 amide bonds. The Morgan fingerprint density at radius 1 is 1.39 bits per heavy atom. The van der Waals surface area contributed by atoms with Crippen LogP contribution in [0, 0.1) is 5.92 Å². The molecule has 2 unspecified atom stereocenters. The number of rotatable bonds is 6. The molecule has 0 saturated heterocycles. The minimum Gasteiger partial charge on any atom is -0.481 e. The standard InChI is InChI=1S/C13H20N2O3/c1-9-5-4-6-10(9)13-15-14-11(18-13)7-2-3-8-12(16)17/h9-10H,2-8H2,1H3,(H,16,17). The first-order valence-electron chi connectivity index (χ1n) is 6.71. The van der Waals surface area contributed by atoms with Crippen LogP contribution in [-0.4, -0.2) is 21.3 Å². The van der Waals surface area contributed by atoms with Crippen LogP contribution >= 0.6 is 0 Å². The van der Waals surface area contributed by atoms with Crippen molar-refractivity contribution in [2.75, 3.05) is 0 Å². The first-order valence-corrected chi connectivity index (χ1v) is 6.71. The van der Waals surface area contributed by atoms with Crippen molar-refractivity contribution < 1.29 is 14.3 Å². The maximum absolute atomic E-state index is 10.4. The number of aryl methyl sites for hydroxylation is 1. The molecule has 0 aromatic carbocycles. The van der Waals surface area contributed by atoms with Gasteiger partial charge in [0.1, 0.15) is 0 Å². The van der Waals surface area contributed by atoms with E-state index >= 15 is 0 Å². The van der Waals surface area contributed by atoms with E-state index in [0.29, 0.717) is 30.6 Å². The zero-order valence-electron chi connectivity index (χ0n) is 10.8. The quantitative estimate of drug-likeness (QED) is 0.788. The number of nitrogens with zero attached hydrogens (tertiary/aromatic N) is 2. The van der Waals surface area contributed by atoms with Crippen molar-refractivity contribution in [2.45, 2.75) is 57.8 Å². The first kappa shape index (κ1) is 13.1. The van der Waals surface area contributed by atoms with Gasteiger partial charge in [0.25, 0.3) is 0 Å². The molecule has 5 heteroatoms. The van der Waals surface area contributed by atoms with Crippen LogP contribution < -0.4 is 0 Å². The monoisotopic (exact) mass is 252 g/mol. The lowest BCUT2D eigenvalue weighted by molar-refractivity contribution is -0.137. The summed E-state index contributed by atoms with van der Waals surface area (Å²) in [5.41, 5.74) is 0. The average molecular weight is 252 g/mol. The van der Waals surface area contributed by atoms with E-state index in [1.54, 1.807) is 0 Å². The Morgan fingerprint density at radius 2 is 2.22 bits per heavy atom. The van der Waals surface area contributed by atoms with Crippen LogP contribution in [0.15, 0.2) is 4.42 Å². The molecular weight excluding hydrogens is 232 g/mol. The molecule has 0 bridgehead atoms. The van der Waals surface area contributed by atoms with Gasteiger partial charge in [-0.05, 0) is 31.6 Å². The van der Waals surface area contributed by atoms with E-state index in [1.807, 2.05) is 0 Å². The van der Waals surface area contributed by atoms with E-state index in [0.717, 1.165) is 18.7 Å². The van der Waals surface area contributed by atoms with Gasteiger partial charge in [0.05, 0.1) is 0 Å². The second kappa shape index (κ2) is 5.98. The van der Waals surface area contributed by atoms with Gasteiger partial charge >= 0.3 is 5.97 Å². The zero-order valence-corrected chi connectivity index (χ0v) is 10.8. The SMILES string of the molecule is CC1CCCC1c1nnc(CCCCC(=O)O)o1. The van der Waals surface area contributed by atoms with E-state index in [9.17, 15) is 4.79 Å². The molecule has 1 aromatic heterocycles. The van der Waals surface area contributed by atoms with E-state index in [-0.39, 0.29) is 6.42 Å². The van der Waals surface area contributed by atoms with Crippen molar-refractivity contribution in [1.29, 1.82) is 0 Å². The fourth-order valence-electron chi connectivity index (χ4n) is 2.58. The first-order chi connectivity index (χ1) is 8.66. The van der Waals surface area contributed by atoms with E-state index < -0.39 is 5.97 Å². The van der Waals surface area contributed by atoms with Gasteiger partial charge < -0.3 is 9.52 Å². The molecule has 1 aliphatic rings. The van der Waals surface area contributed by atoms with Gasteiger partial charge in [-0.15, -0.1) is 10.2 Å². The predicted molar refractivity (Wildman–Crippen MR) is 65.2 cm³/mol. The van der Waals surface area contributed by atoms with Crippen molar-refractivity contribution in [3.8, 4) is 0 Å². The van der Waals surface area contributed by atoms with E-state index in [1.165, 1.54) is 12.8 Å². The molecule has 0 spiro atoms. The number of aromatic nitrogens is 2. The summed E-state index contributed by atoms with van der Waals surface area (Å²) in [7, 11) is 0. The molecule has 1 heterocycles. The predicted octanol–water partition coefficient (Wildman–Crippen LogP) is 2.77. The summed E-state index contributed by atoms with van der Waals surface area (Å²) in [4.78, 5) is 10.4. The Balaban J connectivity index is 1.81. The van der Waals surface area contributed by atoms with Crippen molar-refractivity contribution >= 4 is 5.97 Å². The maximum atomic E-state index is 10.4. The normalized spacial score (nSPS) is 23.4. The largest absolute Gasteiger partial charge is 0.481 e. The Labute approximate surface area is 107 Å². The summed E-state index contributed by atoms with van der Waals surface area (Å²) in [6, 6.07) is 0. The number of unbranched alkanes of at least 4 members (excludes halogenated alkanes) is 1.